The second kappa shape index (κ2) is 5.10. The summed E-state index contributed by atoms with van der Waals surface area (Å²) in [6, 6.07) is 6.08. The molecule has 1 heterocycles. The summed E-state index contributed by atoms with van der Waals surface area (Å²) >= 11 is 3.54. The smallest absolute Gasteiger partial charge is 0.127 e. The first-order chi connectivity index (χ1) is 9.15. The number of benzene rings is 1. The molecule has 0 saturated carbocycles. The van der Waals surface area contributed by atoms with Gasteiger partial charge >= 0.3 is 0 Å². The van der Waals surface area contributed by atoms with Gasteiger partial charge in [-0.25, -0.2) is 0 Å². The zero-order valence-corrected chi connectivity index (χ0v) is 14.7. The van der Waals surface area contributed by atoms with Crippen molar-refractivity contribution in [3.63, 3.8) is 0 Å². The molecule has 110 valence electrons. The van der Waals surface area contributed by atoms with Gasteiger partial charge in [-0.3, -0.25) is 0 Å². The van der Waals surface area contributed by atoms with Gasteiger partial charge < -0.3 is 9.47 Å². The second-order valence-corrected chi connectivity index (χ2v) is 7.92. The van der Waals surface area contributed by atoms with Crippen molar-refractivity contribution in [2.24, 2.45) is 10.8 Å². The molecule has 1 aromatic carbocycles. The Kier molecular flexibility index (Phi) is 3.94. The van der Waals surface area contributed by atoms with Gasteiger partial charge in [-0.2, -0.15) is 0 Å². The Labute approximate surface area is 130 Å². The van der Waals surface area contributed by atoms with Crippen LogP contribution in [0.3, 0.4) is 0 Å². The predicted octanol–water partition coefficient (Wildman–Crippen LogP) is 5.27. The van der Waals surface area contributed by atoms with E-state index in [1.54, 1.807) is 7.11 Å². The minimum atomic E-state index is 0.0587. The molecule has 0 fully saturated rings. The molecule has 0 aromatic heterocycles. The molecule has 0 aliphatic carbocycles. The molecule has 0 saturated heterocycles. The van der Waals surface area contributed by atoms with E-state index in [0.717, 1.165) is 28.2 Å². The van der Waals surface area contributed by atoms with Crippen LogP contribution in [0.25, 0.3) is 5.76 Å². The number of methoxy groups -OCH3 is 1. The average molecular weight is 339 g/mol. The minimum absolute atomic E-state index is 0.0587. The first-order valence-electron chi connectivity index (χ1n) is 6.88. The van der Waals surface area contributed by atoms with E-state index in [0.29, 0.717) is 0 Å². The van der Waals surface area contributed by atoms with Crippen LogP contribution in [0.2, 0.25) is 0 Å². The summed E-state index contributed by atoms with van der Waals surface area (Å²) in [7, 11) is 1.68. The molecule has 0 unspecified atom stereocenters. The zero-order valence-electron chi connectivity index (χ0n) is 13.1. The Morgan fingerprint density at radius 1 is 1.20 bits per heavy atom. The Morgan fingerprint density at radius 3 is 2.40 bits per heavy atom. The number of hydrogen-bond donors (Lipinski definition) is 0. The molecule has 0 N–H and O–H groups in total. The number of hydrogen-bond acceptors (Lipinski definition) is 2. The van der Waals surface area contributed by atoms with Gasteiger partial charge in [0.05, 0.1) is 13.7 Å². The van der Waals surface area contributed by atoms with Crippen LogP contribution in [-0.4, -0.2) is 13.7 Å². The van der Waals surface area contributed by atoms with E-state index in [1.807, 2.05) is 12.1 Å². The first-order valence-corrected chi connectivity index (χ1v) is 7.67. The standard InChI is InChI=1S/C17H23BrO2/c1-16(2,3)15-14(20-10-17(15,4)5)11-7-12(18)9-13(8-11)19-6/h7-9H,10H2,1-6H3. The van der Waals surface area contributed by atoms with E-state index < -0.39 is 0 Å². The third-order valence-electron chi connectivity index (χ3n) is 3.60. The van der Waals surface area contributed by atoms with Crippen LogP contribution >= 0.6 is 15.9 Å². The second-order valence-electron chi connectivity index (χ2n) is 7.01. The maximum atomic E-state index is 6.05. The Balaban J connectivity index is 2.63. The zero-order chi connectivity index (χ0) is 15.1. The monoisotopic (exact) mass is 338 g/mol. The Morgan fingerprint density at radius 2 is 1.85 bits per heavy atom. The van der Waals surface area contributed by atoms with Crippen LogP contribution in [-0.2, 0) is 4.74 Å². The van der Waals surface area contributed by atoms with Gasteiger partial charge in [0.15, 0.2) is 0 Å². The average Bonchev–Trinajstić information content (AvgIpc) is 2.63. The van der Waals surface area contributed by atoms with Crippen molar-refractivity contribution in [2.45, 2.75) is 34.6 Å². The lowest BCUT2D eigenvalue weighted by molar-refractivity contribution is 0.213. The van der Waals surface area contributed by atoms with E-state index in [9.17, 15) is 0 Å². The third kappa shape index (κ3) is 2.88. The number of halogens is 1. The molecule has 1 aliphatic heterocycles. The normalized spacial score (nSPS) is 18.1. The van der Waals surface area contributed by atoms with E-state index in [1.165, 1.54) is 5.57 Å². The summed E-state index contributed by atoms with van der Waals surface area (Å²) < 4.78 is 12.4. The molecule has 0 spiro atoms. The van der Waals surface area contributed by atoms with Crippen molar-refractivity contribution in [2.75, 3.05) is 13.7 Å². The van der Waals surface area contributed by atoms with Crippen LogP contribution in [0.5, 0.6) is 5.75 Å². The maximum Gasteiger partial charge on any atom is 0.127 e. The Bertz CT molecular complexity index is 551. The van der Waals surface area contributed by atoms with E-state index in [-0.39, 0.29) is 10.8 Å². The van der Waals surface area contributed by atoms with Crippen molar-refractivity contribution in [1.29, 1.82) is 0 Å². The summed E-state index contributed by atoms with van der Waals surface area (Å²) in [5.74, 6) is 1.84. The lowest BCUT2D eigenvalue weighted by Crippen LogP contribution is -2.24. The lowest BCUT2D eigenvalue weighted by Gasteiger charge is -2.30. The largest absolute Gasteiger partial charge is 0.497 e. The van der Waals surface area contributed by atoms with Gasteiger partial charge in [0.25, 0.3) is 0 Å². The summed E-state index contributed by atoms with van der Waals surface area (Å²) in [6.07, 6.45) is 0. The highest BCUT2D eigenvalue weighted by Gasteiger charge is 2.41. The van der Waals surface area contributed by atoms with Crippen molar-refractivity contribution >= 4 is 21.7 Å². The Hall–Kier alpha value is -0.960. The predicted molar refractivity (Wildman–Crippen MR) is 86.8 cm³/mol. The quantitative estimate of drug-likeness (QED) is 0.731. The van der Waals surface area contributed by atoms with Crippen molar-refractivity contribution in [3.05, 3.63) is 33.8 Å². The molecule has 3 heteroatoms. The van der Waals surface area contributed by atoms with Gasteiger partial charge in [0.1, 0.15) is 11.5 Å². The summed E-state index contributed by atoms with van der Waals surface area (Å²) in [5.41, 5.74) is 2.57. The number of ether oxygens (including phenoxy) is 2. The van der Waals surface area contributed by atoms with Crippen LogP contribution in [0.1, 0.15) is 40.2 Å². The fourth-order valence-electron chi connectivity index (χ4n) is 3.10. The van der Waals surface area contributed by atoms with E-state index >= 15 is 0 Å². The van der Waals surface area contributed by atoms with Gasteiger partial charge in [-0.1, -0.05) is 50.5 Å². The third-order valence-corrected chi connectivity index (χ3v) is 4.06. The van der Waals surface area contributed by atoms with Crippen LogP contribution in [0.15, 0.2) is 28.2 Å². The highest BCUT2D eigenvalue weighted by molar-refractivity contribution is 9.10. The van der Waals surface area contributed by atoms with Crippen LogP contribution in [0, 0.1) is 10.8 Å². The minimum Gasteiger partial charge on any atom is -0.497 e. The van der Waals surface area contributed by atoms with Gasteiger partial charge in [-0.15, -0.1) is 0 Å². The van der Waals surface area contributed by atoms with E-state index in [4.69, 9.17) is 9.47 Å². The molecular weight excluding hydrogens is 316 g/mol. The summed E-state index contributed by atoms with van der Waals surface area (Å²) in [6.45, 7) is 11.9. The molecule has 0 bridgehead atoms. The van der Waals surface area contributed by atoms with Gasteiger partial charge in [-0.05, 0) is 29.2 Å². The molecule has 0 radical (unpaired) electrons. The first kappa shape index (κ1) is 15.4. The molecule has 2 rings (SSSR count). The topological polar surface area (TPSA) is 18.5 Å². The van der Waals surface area contributed by atoms with Crippen molar-refractivity contribution in [1.82, 2.24) is 0 Å². The SMILES string of the molecule is COc1cc(Br)cc(C2=C(C(C)(C)C)C(C)(C)CO2)c1. The van der Waals surface area contributed by atoms with Gasteiger partial charge in [0, 0.05) is 15.5 Å². The van der Waals surface area contributed by atoms with Crippen LogP contribution in [0.4, 0.5) is 0 Å². The highest BCUT2D eigenvalue weighted by Crippen LogP contribution is 2.49. The molecule has 2 nitrogen and oxygen atoms in total. The molecule has 0 atom stereocenters. The highest BCUT2D eigenvalue weighted by atomic mass is 79.9. The van der Waals surface area contributed by atoms with Crippen molar-refractivity contribution in [3.8, 4) is 5.75 Å². The van der Waals surface area contributed by atoms with Crippen molar-refractivity contribution < 1.29 is 9.47 Å². The van der Waals surface area contributed by atoms with Gasteiger partial charge in [0.2, 0.25) is 0 Å². The summed E-state index contributed by atoms with van der Waals surface area (Å²) in [5, 5.41) is 0. The molecule has 1 aliphatic rings. The number of rotatable bonds is 2. The fraction of sp³-hybridized carbons (Fsp3) is 0.529. The van der Waals surface area contributed by atoms with Crippen LogP contribution < -0.4 is 4.74 Å². The maximum absolute atomic E-state index is 6.05. The molecular formula is C17H23BrO2. The lowest BCUT2D eigenvalue weighted by atomic mass is 9.71. The van der Waals surface area contributed by atoms with E-state index in [2.05, 4.69) is 56.6 Å². The molecule has 20 heavy (non-hydrogen) atoms. The summed E-state index contributed by atoms with van der Waals surface area (Å²) in [4.78, 5) is 0. The molecule has 0 amide bonds. The fourth-order valence-corrected chi connectivity index (χ4v) is 3.57. The molecule has 1 aromatic rings.